The third kappa shape index (κ3) is 4.91. The lowest BCUT2D eigenvalue weighted by Gasteiger charge is -2.20. The SMILES string of the molecule is CC(C)(C)NS(=O)(=O)NCc1ccn[nH]1. The molecule has 1 heterocycles. The number of rotatable bonds is 4. The van der Waals surface area contributed by atoms with Crippen molar-refractivity contribution in [2.75, 3.05) is 0 Å². The number of aromatic nitrogens is 2. The summed E-state index contributed by atoms with van der Waals surface area (Å²) in [4.78, 5) is 0. The van der Waals surface area contributed by atoms with Crippen LogP contribution in [0.25, 0.3) is 0 Å². The summed E-state index contributed by atoms with van der Waals surface area (Å²) >= 11 is 0. The molecule has 1 aromatic rings. The molecule has 7 heteroatoms. The van der Waals surface area contributed by atoms with Gasteiger partial charge in [0.2, 0.25) is 0 Å². The summed E-state index contributed by atoms with van der Waals surface area (Å²) in [5.41, 5.74) is 0.231. The molecule has 0 bridgehead atoms. The van der Waals surface area contributed by atoms with E-state index < -0.39 is 15.7 Å². The zero-order valence-electron chi connectivity index (χ0n) is 9.03. The summed E-state index contributed by atoms with van der Waals surface area (Å²) in [6.07, 6.45) is 1.57. The van der Waals surface area contributed by atoms with E-state index in [1.54, 1.807) is 33.0 Å². The molecule has 3 N–H and O–H groups in total. The Balaban J connectivity index is 2.51. The third-order valence-corrected chi connectivity index (χ3v) is 2.86. The maximum Gasteiger partial charge on any atom is 0.277 e. The van der Waals surface area contributed by atoms with Crippen LogP contribution in [0, 0.1) is 0 Å². The maximum absolute atomic E-state index is 11.5. The van der Waals surface area contributed by atoms with E-state index in [2.05, 4.69) is 19.6 Å². The van der Waals surface area contributed by atoms with Crippen molar-refractivity contribution in [3.05, 3.63) is 18.0 Å². The van der Waals surface area contributed by atoms with Gasteiger partial charge in [-0.25, -0.2) is 0 Å². The number of H-pyrrole nitrogens is 1. The van der Waals surface area contributed by atoms with Crippen LogP contribution in [0.2, 0.25) is 0 Å². The molecule has 86 valence electrons. The molecule has 1 aromatic heterocycles. The second-order valence-corrected chi connectivity index (χ2v) is 5.76. The largest absolute Gasteiger partial charge is 0.281 e. The summed E-state index contributed by atoms with van der Waals surface area (Å²) in [5, 5.41) is 6.39. The zero-order chi connectivity index (χ0) is 11.5. The predicted octanol–water partition coefficient (Wildman–Crippen LogP) is 0.132. The normalized spacial score (nSPS) is 13.0. The Morgan fingerprint density at radius 1 is 1.47 bits per heavy atom. The Bertz CT molecular complexity index is 391. The lowest BCUT2D eigenvalue weighted by Crippen LogP contribution is -2.46. The van der Waals surface area contributed by atoms with E-state index in [4.69, 9.17) is 0 Å². The molecule has 0 fully saturated rings. The summed E-state index contributed by atoms with van der Waals surface area (Å²) in [7, 11) is -3.46. The lowest BCUT2D eigenvalue weighted by atomic mass is 10.1. The molecule has 15 heavy (non-hydrogen) atoms. The monoisotopic (exact) mass is 232 g/mol. The number of nitrogens with zero attached hydrogens (tertiary/aromatic N) is 1. The van der Waals surface area contributed by atoms with Crippen LogP contribution in [0.1, 0.15) is 26.5 Å². The van der Waals surface area contributed by atoms with Crippen LogP contribution < -0.4 is 9.44 Å². The Morgan fingerprint density at radius 3 is 2.60 bits per heavy atom. The first kappa shape index (κ1) is 12.2. The highest BCUT2D eigenvalue weighted by Crippen LogP contribution is 2.01. The molecular weight excluding hydrogens is 216 g/mol. The van der Waals surface area contributed by atoms with Crippen LogP contribution in [-0.2, 0) is 16.8 Å². The molecule has 0 saturated heterocycles. The summed E-state index contributed by atoms with van der Waals surface area (Å²) in [6.45, 7) is 5.54. The van der Waals surface area contributed by atoms with Crippen molar-refractivity contribution in [3.63, 3.8) is 0 Å². The fourth-order valence-electron chi connectivity index (χ4n) is 0.995. The highest BCUT2D eigenvalue weighted by atomic mass is 32.2. The van der Waals surface area contributed by atoms with E-state index in [1.165, 1.54) is 0 Å². The lowest BCUT2D eigenvalue weighted by molar-refractivity contribution is 0.483. The highest BCUT2D eigenvalue weighted by Gasteiger charge is 2.19. The van der Waals surface area contributed by atoms with Crippen molar-refractivity contribution in [1.29, 1.82) is 0 Å². The van der Waals surface area contributed by atoms with Gasteiger partial charge in [-0.15, -0.1) is 0 Å². The molecule has 0 radical (unpaired) electrons. The minimum atomic E-state index is -3.46. The van der Waals surface area contributed by atoms with Crippen LogP contribution in [0.15, 0.2) is 12.3 Å². The van der Waals surface area contributed by atoms with Gasteiger partial charge >= 0.3 is 0 Å². The van der Waals surface area contributed by atoms with Gasteiger partial charge in [0, 0.05) is 11.7 Å². The van der Waals surface area contributed by atoms with Gasteiger partial charge in [-0.1, -0.05) is 0 Å². The Kier molecular flexibility index (Phi) is 3.48. The summed E-state index contributed by atoms with van der Waals surface area (Å²) in [5.74, 6) is 0. The van der Waals surface area contributed by atoms with Gasteiger partial charge in [0.15, 0.2) is 0 Å². The van der Waals surface area contributed by atoms with Gasteiger partial charge in [0.25, 0.3) is 10.2 Å². The number of hydrogen-bond donors (Lipinski definition) is 3. The minimum Gasteiger partial charge on any atom is -0.281 e. The van der Waals surface area contributed by atoms with Crippen LogP contribution >= 0.6 is 0 Å². The molecule has 0 aromatic carbocycles. The van der Waals surface area contributed by atoms with Crippen molar-refractivity contribution in [1.82, 2.24) is 19.6 Å². The minimum absolute atomic E-state index is 0.200. The van der Waals surface area contributed by atoms with Crippen LogP contribution in [0.3, 0.4) is 0 Å². The van der Waals surface area contributed by atoms with Crippen molar-refractivity contribution in [2.24, 2.45) is 0 Å². The Morgan fingerprint density at radius 2 is 2.13 bits per heavy atom. The van der Waals surface area contributed by atoms with Crippen molar-refractivity contribution in [3.8, 4) is 0 Å². The topological polar surface area (TPSA) is 86.9 Å². The van der Waals surface area contributed by atoms with Gasteiger partial charge < -0.3 is 0 Å². The molecule has 6 nitrogen and oxygen atoms in total. The molecule has 0 aliphatic rings. The molecule has 0 amide bonds. The smallest absolute Gasteiger partial charge is 0.277 e. The first-order valence-corrected chi connectivity index (χ1v) is 6.04. The van der Waals surface area contributed by atoms with E-state index in [-0.39, 0.29) is 6.54 Å². The first-order chi connectivity index (χ1) is 6.79. The summed E-state index contributed by atoms with van der Waals surface area (Å²) < 4.78 is 27.9. The zero-order valence-corrected chi connectivity index (χ0v) is 9.85. The fourth-order valence-corrected chi connectivity index (χ4v) is 2.22. The van der Waals surface area contributed by atoms with Gasteiger partial charge in [0.1, 0.15) is 0 Å². The first-order valence-electron chi connectivity index (χ1n) is 4.55. The van der Waals surface area contributed by atoms with Gasteiger partial charge in [-0.05, 0) is 26.8 Å². The second kappa shape index (κ2) is 4.30. The maximum atomic E-state index is 11.5. The predicted molar refractivity (Wildman–Crippen MR) is 57.2 cm³/mol. The van der Waals surface area contributed by atoms with E-state index >= 15 is 0 Å². The fraction of sp³-hybridized carbons (Fsp3) is 0.625. The molecule has 0 saturated carbocycles. The average Bonchev–Trinajstić information content (AvgIpc) is 2.47. The second-order valence-electron chi connectivity index (χ2n) is 4.26. The number of hydrogen-bond acceptors (Lipinski definition) is 3. The van der Waals surface area contributed by atoms with Gasteiger partial charge in [-0.3, -0.25) is 5.10 Å². The molecular formula is C8H16N4O2S. The number of nitrogens with one attached hydrogen (secondary N) is 3. The van der Waals surface area contributed by atoms with Gasteiger partial charge in [0.05, 0.1) is 12.2 Å². The van der Waals surface area contributed by atoms with E-state index in [9.17, 15) is 8.42 Å². The van der Waals surface area contributed by atoms with Crippen molar-refractivity contribution < 1.29 is 8.42 Å². The third-order valence-electron chi connectivity index (χ3n) is 1.45. The molecule has 1 rings (SSSR count). The highest BCUT2D eigenvalue weighted by molar-refractivity contribution is 7.87. The van der Waals surface area contributed by atoms with Crippen molar-refractivity contribution in [2.45, 2.75) is 32.9 Å². The molecule has 0 unspecified atom stereocenters. The average molecular weight is 232 g/mol. The van der Waals surface area contributed by atoms with Crippen LogP contribution in [0.4, 0.5) is 0 Å². The number of aromatic amines is 1. The Labute approximate surface area is 89.6 Å². The Hall–Kier alpha value is -0.920. The van der Waals surface area contributed by atoms with E-state index in [0.717, 1.165) is 0 Å². The molecule has 0 spiro atoms. The molecule has 0 atom stereocenters. The van der Waals surface area contributed by atoms with Crippen molar-refractivity contribution >= 4 is 10.2 Å². The van der Waals surface area contributed by atoms with Gasteiger partial charge in [-0.2, -0.15) is 23.0 Å². The van der Waals surface area contributed by atoms with Crippen LogP contribution in [0.5, 0.6) is 0 Å². The summed E-state index contributed by atoms with van der Waals surface area (Å²) in [6, 6.07) is 1.71. The quantitative estimate of drug-likeness (QED) is 0.689. The molecule has 0 aliphatic heterocycles. The molecule has 0 aliphatic carbocycles. The van der Waals surface area contributed by atoms with Crippen LogP contribution in [-0.4, -0.2) is 24.2 Å². The standard InChI is InChI=1S/C8H16N4O2S/c1-8(2,3)12-15(13,14)10-6-7-4-5-9-11-7/h4-5,10,12H,6H2,1-3H3,(H,9,11). The van der Waals surface area contributed by atoms with E-state index in [1.807, 2.05) is 0 Å². The van der Waals surface area contributed by atoms with E-state index in [0.29, 0.717) is 5.69 Å².